The van der Waals surface area contributed by atoms with E-state index in [1.165, 1.54) is 41.7 Å². The lowest BCUT2D eigenvalue weighted by Crippen LogP contribution is -2.35. The minimum Gasteiger partial charge on any atom is -0.371 e. The summed E-state index contributed by atoms with van der Waals surface area (Å²) in [7, 11) is 0. The van der Waals surface area contributed by atoms with E-state index >= 15 is 0 Å². The van der Waals surface area contributed by atoms with E-state index in [9.17, 15) is 0 Å². The Kier molecular flexibility index (Phi) is 4.91. The number of anilines is 1. The average Bonchev–Trinajstić information content (AvgIpc) is 2.38. The molecular formula is C16H25BrN2. The maximum Gasteiger partial charge on any atom is 0.0510 e. The van der Waals surface area contributed by atoms with Crippen LogP contribution in [0.4, 0.5) is 5.69 Å². The van der Waals surface area contributed by atoms with Crippen molar-refractivity contribution in [1.29, 1.82) is 0 Å². The van der Waals surface area contributed by atoms with Gasteiger partial charge in [-0.25, -0.2) is 0 Å². The molecule has 1 atom stereocenters. The van der Waals surface area contributed by atoms with Crippen molar-refractivity contribution in [2.75, 3.05) is 18.0 Å². The minimum absolute atomic E-state index is 0.0945. The normalized spacial score (nSPS) is 18.9. The second-order valence-electron chi connectivity index (χ2n) is 6.07. The van der Waals surface area contributed by atoms with Crippen molar-refractivity contribution < 1.29 is 0 Å². The molecule has 0 amide bonds. The molecule has 1 aliphatic rings. The van der Waals surface area contributed by atoms with Crippen LogP contribution in [0.5, 0.6) is 0 Å². The van der Waals surface area contributed by atoms with Gasteiger partial charge in [0.2, 0.25) is 0 Å². The molecule has 2 N–H and O–H groups in total. The van der Waals surface area contributed by atoms with Crippen LogP contribution in [-0.4, -0.2) is 13.1 Å². The molecule has 1 aromatic carbocycles. The molecule has 0 radical (unpaired) electrons. The van der Waals surface area contributed by atoms with Gasteiger partial charge in [-0.05, 0) is 65.2 Å². The monoisotopic (exact) mass is 324 g/mol. The largest absolute Gasteiger partial charge is 0.371 e. The van der Waals surface area contributed by atoms with Crippen molar-refractivity contribution in [2.45, 2.75) is 39.7 Å². The highest BCUT2D eigenvalue weighted by Crippen LogP contribution is 2.33. The molecule has 1 unspecified atom stereocenters. The lowest BCUT2D eigenvalue weighted by atomic mass is 9.86. The van der Waals surface area contributed by atoms with Gasteiger partial charge in [-0.1, -0.05) is 19.9 Å². The Morgan fingerprint density at radius 3 is 2.32 bits per heavy atom. The summed E-state index contributed by atoms with van der Waals surface area (Å²) in [6.45, 7) is 9.04. The summed E-state index contributed by atoms with van der Waals surface area (Å²) >= 11 is 3.70. The molecule has 0 aromatic heterocycles. The van der Waals surface area contributed by atoms with Gasteiger partial charge in [0.25, 0.3) is 0 Å². The van der Waals surface area contributed by atoms with Crippen molar-refractivity contribution >= 4 is 21.6 Å². The summed E-state index contributed by atoms with van der Waals surface area (Å²) in [6.07, 6.45) is 2.61. The van der Waals surface area contributed by atoms with E-state index in [0.29, 0.717) is 0 Å². The topological polar surface area (TPSA) is 29.3 Å². The molecule has 0 bridgehead atoms. The van der Waals surface area contributed by atoms with Gasteiger partial charge in [0.1, 0.15) is 0 Å². The highest BCUT2D eigenvalue weighted by Gasteiger charge is 2.22. The van der Waals surface area contributed by atoms with Crippen molar-refractivity contribution in [3.63, 3.8) is 0 Å². The Labute approximate surface area is 125 Å². The maximum atomic E-state index is 5.93. The fourth-order valence-electron chi connectivity index (χ4n) is 2.87. The first kappa shape index (κ1) is 14.9. The second-order valence-corrected chi connectivity index (χ2v) is 6.92. The molecule has 2 nitrogen and oxygen atoms in total. The van der Waals surface area contributed by atoms with Crippen LogP contribution in [0.3, 0.4) is 0 Å². The number of benzene rings is 1. The highest BCUT2D eigenvalue weighted by atomic mass is 79.9. The van der Waals surface area contributed by atoms with Gasteiger partial charge < -0.3 is 10.6 Å². The van der Waals surface area contributed by atoms with E-state index in [0.717, 1.165) is 11.8 Å². The van der Waals surface area contributed by atoms with Crippen LogP contribution in [0, 0.1) is 11.8 Å². The third kappa shape index (κ3) is 3.51. The Balaban J connectivity index is 2.07. The summed E-state index contributed by atoms with van der Waals surface area (Å²) in [5.41, 5.74) is 8.43. The predicted octanol–water partition coefficient (Wildman–Crippen LogP) is 4.34. The van der Waals surface area contributed by atoms with Gasteiger partial charge in [-0.2, -0.15) is 0 Å². The van der Waals surface area contributed by atoms with E-state index in [-0.39, 0.29) is 6.04 Å². The number of nitrogens with zero attached hydrogens (tertiary/aromatic N) is 1. The van der Waals surface area contributed by atoms with Gasteiger partial charge in [0.05, 0.1) is 5.69 Å². The van der Waals surface area contributed by atoms with Crippen LogP contribution in [-0.2, 0) is 0 Å². The lowest BCUT2D eigenvalue weighted by molar-refractivity contribution is 0.311. The summed E-state index contributed by atoms with van der Waals surface area (Å²) in [5.74, 6) is 1.70. The van der Waals surface area contributed by atoms with E-state index < -0.39 is 0 Å². The summed E-state index contributed by atoms with van der Waals surface area (Å²) < 4.78 is 1.17. The van der Waals surface area contributed by atoms with E-state index in [4.69, 9.17) is 5.73 Å². The molecule has 1 saturated heterocycles. The number of halogens is 1. The Bertz CT molecular complexity index is 421. The molecule has 3 heteroatoms. The summed E-state index contributed by atoms with van der Waals surface area (Å²) in [5, 5.41) is 0. The minimum atomic E-state index is 0.0945. The van der Waals surface area contributed by atoms with Crippen LogP contribution in [0.25, 0.3) is 0 Å². The molecule has 19 heavy (non-hydrogen) atoms. The molecule has 1 fully saturated rings. The van der Waals surface area contributed by atoms with Crippen LogP contribution in [0.15, 0.2) is 22.7 Å². The third-order valence-corrected chi connectivity index (χ3v) is 4.96. The molecule has 0 spiro atoms. The Morgan fingerprint density at radius 1 is 1.21 bits per heavy atom. The molecule has 2 rings (SSSR count). The number of piperidine rings is 1. The molecule has 0 aliphatic carbocycles. The quantitative estimate of drug-likeness (QED) is 0.896. The standard InChI is InChI=1S/C16H25BrN2/c1-11(2)13-6-8-19(9-7-13)16-5-4-14(12(3)18)10-15(16)17/h4-5,10-13H,6-9,18H2,1-3H3. The fraction of sp³-hybridized carbons (Fsp3) is 0.625. The van der Waals surface area contributed by atoms with Gasteiger partial charge >= 0.3 is 0 Å². The average molecular weight is 325 g/mol. The van der Waals surface area contributed by atoms with Crippen molar-refractivity contribution in [3.8, 4) is 0 Å². The van der Waals surface area contributed by atoms with Gasteiger partial charge in [-0.15, -0.1) is 0 Å². The van der Waals surface area contributed by atoms with Crippen molar-refractivity contribution in [3.05, 3.63) is 28.2 Å². The number of nitrogens with two attached hydrogens (primary N) is 1. The first-order chi connectivity index (χ1) is 8.99. The molecule has 106 valence electrons. The zero-order valence-electron chi connectivity index (χ0n) is 12.2. The van der Waals surface area contributed by atoms with E-state index in [1.807, 2.05) is 6.92 Å². The number of rotatable bonds is 3. The molecule has 1 heterocycles. The number of hydrogen-bond acceptors (Lipinski definition) is 2. The van der Waals surface area contributed by atoms with Crippen LogP contribution >= 0.6 is 15.9 Å². The predicted molar refractivity (Wildman–Crippen MR) is 86.5 cm³/mol. The molecule has 1 aliphatic heterocycles. The first-order valence-corrected chi connectivity index (χ1v) is 8.08. The molecule has 1 aromatic rings. The summed E-state index contributed by atoms with van der Waals surface area (Å²) in [6, 6.07) is 6.61. The molecule has 0 saturated carbocycles. The fourth-order valence-corrected chi connectivity index (χ4v) is 3.52. The molecular weight excluding hydrogens is 300 g/mol. The van der Waals surface area contributed by atoms with Crippen LogP contribution in [0.2, 0.25) is 0 Å². The van der Waals surface area contributed by atoms with E-state index in [1.54, 1.807) is 0 Å². The summed E-state index contributed by atoms with van der Waals surface area (Å²) in [4.78, 5) is 2.49. The van der Waals surface area contributed by atoms with E-state index in [2.05, 4.69) is 52.9 Å². The van der Waals surface area contributed by atoms with Crippen LogP contribution in [0.1, 0.15) is 45.2 Å². The Morgan fingerprint density at radius 2 is 1.84 bits per heavy atom. The number of hydrogen-bond donors (Lipinski definition) is 1. The maximum absolute atomic E-state index is 5.93. The van der Waals surface area contributed by atoms with Crippen LogP contribution < -0.4 is 10.6 Å². The van der Waals surface area contributed by atoms with Gasteiger partial charge in [0.15, 0.2) is 0 Å². The first-order valence-electron chi connectivity index (χ1n) is 7.29. The third-order valence-electron chi connectivity index (χ3n) is 4.32. The van der Waals surface area contributed by atoms with Crippen molar-refractivity contribution in [1.82, 2.24) is 0 Å². The zero-order valence-corrected chi connectivity index (χ0v) is 13.8. The SMILES string of the molecule is CC(N)c1ccc(N2CCC(C(C)C)CC2)c(Br)c1. The van der Waals surface area contributed by atoms with Gasteiger partial charge in [0, 0.05) is 23.6 Å². The smallest absolute Gasteiger partial charge is 0.0510 e. The Hall–Kier alpha value is -0.540. The zero-order chi connectivity index (χ0) is 14.0. The van der Waals surface area contributed by atoms with Gasteiger partial charge in [-0.3, -0.25) is 0 Å². The highest BCUT2D eigenvalue weighted by molar-refractivity contribution is 9.10. The van der Waals surface area contributed by atoms with Crippen molar-refractivity contribution in [2.24, 2.45) is 17.6 Å². The second kappa shape index (κ2) is 6.27. The lowest BCUT2D eigenvalue weighted by Gasteiger charge is -2.36.